The van der Waals surface area contributed by atoms with Crippen molar-refractivity contribution < 1.29 is 23.2 Å². The second-order valence-electron chi connectivity index (χ2n) is 6.71. The summed E-state index contributed by atoms with van der Waals surface area (Å²) in [5.41, 5.74) is 1.17. The van der Waals surface area contributed by atoms with Crippen LogP contribution in [0, 0.1) is 18.6 Å². The second-order valence-corrected chi connectivity index (χ2v) is 6.71. The minimum atomic E-state index is -1.05. The molecule has 2 unspecified atom stereocenters. The summed E-state index contributed by atoms with van der Waals surface area (Å²) in [4.78, 5) is 38.7. The average molecular weight is 399 g/mol. The third-order valence-electron chi connectivity index (χ3n) is 4.66. The minimum Gasteiger partial charge on any atom is -0.322 e. The first-order valence-corrected chi connectivity index (χ1v) is 8.72. The van der Waals surface area contributed by atoms with Crippen LogP contribution >= 0.6 is 0 Å². The molecular weight excluding hydrogens is 384 g/mol. The quantitative estimate of drug-likeness (QED) is 0.798. The van der Waals surface area contributed by atoms with Gasteiger partial charge in [0.2, 0.25) is 5.91 Å². The summed E-state index contributed by atoms with van der Waals surface area (Å²) >= 11 is 0. The Hall–Kier alpha value is -3.69. The van der Waals surface area contributed by atoms with E-state index in [1.54, 1.807) is 24.3 Å². The molecule has 2 aliphatic heterocycles. The van der Waals surface area contributed by atoms with Gasteiger partial charge < -0.3 is 5.32 Å². The van der Waals surface area contributed by atoms with Crippen molar-refractivity contribution >= 4 is 29.1 Å². The topological polar surface area (TPSA) is 94.4 Å². The fourth-order valence-corrected chi connectivity index (χ4v) is 3.23. The van der Waals surface area contributed by atoms with Gasteiger partial charge in [0.05, 0.1) is 11.4 Å². The Kier molecular flexibility index (Phi) is 4.53. The maximum atomic E-state index is 13.7. The normalized spacial score (nSPS) is 20.4. The molecule has 1 fully saturated rings. The van der Waals surface area contributed by atoms with E-state index in [1.165, 1.54) is 0 Å². The van der Waals surface area contributed by atoms with Gasteiger partial charge in [-0.15, -0.1) is 0 Å². The first-order valence-electron chi connectivity index (χ1n) is 8.72. The summed E-state index contributed by atoms with van der Waals surface area (Å²) in [5, 5.41) is 11.0. The van der Waals surface area contributed by atoms with Crippen LogP contribution in [0.5, 0.6) is 0 Å². The number of hydrogen-bond donors (Lipinski definition) is 1. The lowest BCUT2D eigenvalue weighted by molar-refractivity contribution is -0.123. The van der Waals surface area contributed by atoms with Crippen LogP contribution in [0.25, 0.3) is 0 Å². The minimum absolute atomic E-state index is 0.209. The Morgan fingerprint density at radius 3 is 2.52 bits per heavy atom. The van der Waals surface area contributed by atoms with Crippen molar-refractivity contribution in [1.82, 2.24) is 5.01 Å². The number of hydrogen-bond acceptors (Lipinski definition) is 6. The van der Waals surface area contributed by atoms with Crippen LogP contribution < -0.4 is 10.2 Å². The number of carbonyl (C=O) groups excluding carboxylic acids is 3. The van der Waals surface area contributed by atoms with E-state index in [2.05, 4.69) is 15.7 Å². The smallest absolute Gasteiger partial charge is 0.263 e. The van der Waals surface area contributed by atoms with Gasteiger partial charge in [-0.05, 0) is 31.2 Å². The van der Waals surface area contributed by atoms with E-state index in [0.717, 1.165) is 27.6 Å². The predicted octanol–water partition coefficient (Wildman–Crippen LogP) is 2.21. The molecule has 0 aromatic heterocycles. The van der Waals surface area contributed by atoms with Crippen molar-refractivity contribution in [1.29, 1.82) is 0 Å². The SMILES string of the molecule is Cc1ccc(N2C(=O)C3N=NN(CC(=O)Nc4ccc(F)cc4F)C3C2=O)cc1. The fourth-order valence-electron chi connectivity index (χ4n) is 3.23. The zero-order valence-corrected chi connectivity index (χ0v) is 15.2. The molecule has 2 heterocycles. The molecule has 1 saturated heterocycles. The standard InChI is InChI=1S/C19H15F2N5O3/c1-10-2-5-12(6-3-10)26-18(28)16-17(19(26)29)25(24-23-16)9-15(27)22-14-7-4-11(20)8-13(14)21/h2-8,16-17H,9H2,1H3,(H,22,27). The fraction of sp³-hybridized carbons (Fsp3) is 0.211. The van der Waals surface area contributed by atoms with E-state index in [9.17, 15) is 23.2 Å². The molecular formula is C19H15F2N5O3. The molecule has 0 spiro atoms. The van der Waals surface area contributed by atoms with Crippen LogP contribution in [0.2, 0.25) is 0 Å². The first-order chi connectivity index (χ1) is 13.8. The summed E-state index contributed by atoms with van der Waals surface area (Å²) in [6, 6.07) is 7.48. The molecule has 4 rings (SSSR count). The van der Waals surface area contributed by atoms with Gasteiger partial charge in [0, 0.05) is 6.07 Å². The number of anilines is 2. The number of rotatable bonds is 4. The van der Waals surface area contributed by atoms with E-state index < -0.39 is 48.0 Å². The van der Waals surface area contributed by atoms with Crippen LogP contribution in [0.1, 0.15) is 5.56 Å². The molecule has 2 aromatic rings. The summed E-state index contributed by atoms with van der Waals surface area (Å²) in [7, 11) is 0. The lowest BCUT2D eigenvalue weighted by atomic mass is 10.1. The van der Waals surface area contributed by atoms with Crippen molar-refractivity contribution in [3.8, 4) is 0 Å². The maximum Gasteiger partial charge on any atom is 0.263 e. The third-order valence-corrected chi connectivity index (χ3v) is 4.66. The summed E-state index contributed by atoms with van der Waals surface area (Å²) in [6.07, 6.45) is 0. The van der Waals surface area contributed by atoms with E-state index in [0.29, 0.717) is 11.8 Å². The van der Waals surface area contributed by atoms with Gasteiger partial charge in [-0.25, -0.2) is 13.7 Å². The molecule has 2 aliphatic rings. The highest BCUT2D eigenvalue weighted by atomic mass is 19.1. The number of amides is 3. The van der Waals surface area contributed by atoms with Gasteiger partial charge in [0.1, 0.15) is 18.2 Å². The van der Waals surface area contributed by atoms with Gasteiger partial charge in [0.15, 0.2) is 12.1 Å². The Morgan fingerprint density at radius 2 is 1.83 bits per heavy atom. The number of halogens is 2. The average Bonchev–Trinajstić information content (AvgIpc) is 3.19. The van der Waals surface area contributed by atoms with Crippen molar-refractivity contribution in [2.45, 2.75) is 19.0 Å². The number of benzene rings is 2. The molecule has 0 saturated carbocycles. The molecule has 2 aromatic carbocycles. The van der Waals surface area contributed by atoms with Crippen LogP contribution in [0.4, 0.5) is 20.2 Å². The molecule has 0 aliphatic carbocycles. The van der Waals surface area contributed by atoms with E-state index in [-0.39, 0.29) is 5.69 Å². The maximum absolute atomic E-state index is 13.7. The molecule has 0 radical (unpaired) electrons. The molecule has 2 atom stereocenters. The number of fused-ring (bicyclic) bond motifs is 1. The van der Waals surface area contributed by atoms with Crippen molar-refractivity contribution in [2.75, 3.05) is 16.8 Å². The Balaban J connectivity index is 1.49. The third kappa shape index (κ3) is 3.33. The second kappa shape index (κ2) is 7.04. The highest BCUT2D eigenvalue weighted by Crippen LogP contribution is 2.31. The first kappa shape index (κ1) is 18.7. The molecule has 29 heavy (non-hydrogen) atoms. The molecule has 0 bridgehead atoms. The highest BCUT2D eigenvalue weighted by Gasteiger charge is 2.55. The largest absolute Gasteiger partial charge is 0.322 e. The number of nitrogens with zero attached hydrogens (tertiary/aromatic N) is 4. The molecule has 1 N–H and O–H groups in total. The van der Waals surface area contributed by atoms with Gasteiger partial charge >= 0.3 is 0 Å². The zero-order valence-electron chi connectivity index (χ0n) is 15.2. The molecule has 3 amide bonds. The van der Waals surface area contributed by atoms with Crippen molar-refractivity contribution in [3.05, 3.63) is 59.7 Å². The lowest BCUT2D eigenvalue weighted by Gasteiger charge is -2.20. The molecule has 8 nitrogen and oxygen atoms in total. The number of carbonyl (C=O) groups is 3. The number of aryl methyl sites for hydroxylation is 1. The van der Waals surface area contributed by atoms with Crippen LogP contribution in [-0.2, 0) is 14.4 Å². The van der Waals surface area contributed by atoms with Gasteiger partial charge in [-0.3, -0.25) is 19.4 Å². The number of imide groups is 1. The summed E-state index contributed by atoms with van der Waals surface area (Å²) in [5.74, 6) is -3.47. The summed E-state index contributed by atoms with van der Waals surface area (Å²) < 4.78 is 26.7. The van der Waals surface area contributed by atoms with Crippen molar-refractivity contribution in [3.63, 3.8) is 0 Å². The van der Waals surface area contributed by atoms with Gasteiger partial charge in [-0.2, -0.15) is 5.11 Å². The summed E-state index contributed by atoms with van der Waals surface area (Å²) in [6.45, 7) is 1.45. The van der Waals surface area contributed by atoms with Crippen LogP contribution in [0.3, 0.4) is 0 Å². The van der Waals surface area contributed by atoms with Gasteiger partial charge in [0.25, 0.3) is 11.8 Å². The van der Waals surface area contributed by atoms with Crippen LogP contribution in [-0.4, -0.2) is 41.4 Å². The zero-order chi connectivity index (χ0) is 20.7. The Labute approximate surface area is 163 Å². The van der Waals surface area contributed by atoms with E-state index >= 15 is 0 Å². The highest BCUT2D eigenvalue weighted by molar-refractivity contribution is 6.25. The Bertz CT molecular complexity index is 1040. The van der Waals surface area contributed by atoms with Crippen molar-refractivity contribution in [2.24, 2.45) is 10.3 Å². The Morgan fingerprint density at radius 1 is 1.10 bits per heavy atom. The lowest BCUT2D eigenvalue weighted by Crippen LogP contribution is -2.43. The monoisotopic (exact) mass is 399 g/mol. The predicted molar refractivity (Wildman–Crippen MR) is 97.8 cm³/mol. The number of nitrogens with one attached hydrogen (secondary N) is 1. The van der Waals surface area contributed by atoms with Gasteiger partial charge in [-0.1, -0.05) is 22.9 Å². The molecule has 148 valence electrons. The van der Waals surface area contributed by atoms with Crippen LogP contribution in [0.15, 0.2) is 52.8 Å². The van der Waals surface area contributed by atoms with E-state index in [1.807, 2.05) is 6.92 Å². The molecule has 10 heteroatoms. The van der Waals surface area contributed by atoms with E-state index in [4.69, 9.17) is 0 Å².